The molecule has 0 saturated carbocycles. The molecule has 19 heteroatoms. The molecule has 0 fully saturated rings. The van der Waals surface area contributed by atoms with Gasteiger partial charge in [0.2, 0.25) is 0 Å². The largest absolute Gasteiger partial charge is 0.399 e. The molecule has 302 valence electrons. The van der Waals surface area contributed by atoms with E-state index in [9.17, 15) is 33.4 Å². The summed E-state index contributed by atoms with van der Waals surface area (Å²) in [5, 5.41) is 26.0. The summed E-state index contributed by atoms with van der Waals surface area (Å²) in [5.41, 5.74) is 22.8. The minimum Gasteiger partial charge on any atom is -0.399 e. The van der Waals surface area contributed by atoms with Crippen LogP contribution in [-0.2, 0) is 26.1 Å². The molecule has 8 N–H and O–H groups in total. The van der Waals surface area contributed by atoms with Gasteiger partial charge in [-0.25, -0.2) is 23.2 Å². The van der Waals surface area contributed by atoms with Gasteiger partial charge in [-0.3, -0.25) is 20.2 Å². The molecule has 2 aliphatic heterocycles. The summed E-state index contributed by atoms with van der Waals surface area (Å²) in [7, 11) is 2.90. The SMILES string of the molecule is CC1=CSC(N)=N[C@]1(C)c1cc(N)ccc1F.CC1=CSC(N)=N[C@]1(C)c1cc([N+](=O)[O-])ccc1F.COC(OC)C(C)[C@](C)(N)c1cc([N+](=O)[O-])ccc1F. The molecule has 56 heavy (non-hydrogen) atoms. The van der Waals surface area contributed by atoms with Crippen LogP contribution in [0.2, 0.25) is 0 Å². The van der Waals surface area contributed by atoms with E-state index >= 15 is 0 Å². The predicted molar refractivity (Wildman–Crippen MR) is 216 cm³/mol. The van der Waals surface area contributed by atoms with Gasteiger partial charge in [0, 0.05) is 72.3 Å². The van der Waals surface area contributed by atoms with Crippen LogP contribution in [0.5, 0.6) is 0 Å². The Morgan fingerprint density at radius 3 is 1.61 bits per heavy atom. The predicted octanol–water partition coefficient (Wildman–Crippen LogP) is 7.67. The Morgan fingerprint density at radius 1 is 0.750 bits per heavy atom. The van der Waals surface area contributed by atoms with Gasteiger partial charge in [0.25, 0.3) is 11.4 Å². The number of nitrogens with two attached hydrogens (primary N) is 4. The van der Waals surface area contributed by atoms with Crippen LogP contribution in [0.4, 0.5) is 30.2 Å². The number of rotatable bonds is 9. The van der Waals surface area contributed by atoms with Crippen molar-refractivity contribution in [1.29, 1.82) is 0 Å². The second kappa shape index (κ2) is 18.3. The molecule has 0 saturated heterocycles. The Balaban J connectivity index is 0.000000226. The van der Waals surface area contributed by atoms with E-state index in [1.807, 2.05) is 19.3 Å². The van der Waals surface area contributed by atoms with Gasteiger partial charge in [-0.2, -0.15) is 0 Å². The van der Waals surface area contributed by atoms with E-state index in [0.717, 1.165) is 41.5 Å². The maximum Gasteiger partial charge on any atom is 0.270 e. The van der Waals surface area contributed by atoms with Crippen LogP contribution in [0.3, 0.4) is 0 Å². The Bertz CT molecular complexity index is 2100. The fourth-order valence-electron chi connectivity index (χ4n) is 5.73. The quantitative estimate of drug-likeness (QED) is 0.0705. The second-order valence-corrected chi connectivity index (χ2v) is 15.2. The number of anilines is 1. The number of nitro groups is 2. The van der Waals surface area contributed by atoms with Crippen LogP contribution in [0.1, 0.15) is 58.2 Å². The number of methoxy groups -OCH3 is 2. The number of nitro benzene ring substituents is 2. The van der Waals surface area contributed by atoms with Crippen molar-refractivity contribution in [3.8, 4) is 0 Å². The summed E-state index contributed by atoms with van der Waals surface area (Å²) in [6.45, 7) is 10.5. The van der Waals surface area contributed by atoms with E-state index in [4.69, 9.17) is 32.4 Å². The van der Waals surface area contributed by atoms with Gasteiger partial charge < -0.3 is 32.4 Å². The fraction of sp³-hybridized carbons (Fsp3) is 0.351. The number of nitrogens with zero attached hydrogens (tertiary/aromatic N) is 4. The monoisotopic (exact) mass is 818 g/mol. The summed E-state index contributed by atoms with van der Waals surface area (Å²) in [5.74, 6) is -1.88. The van der Waals surface area contributed by atoms with E-state index in [1.54, 1.807) is 39.2 Å². The first-order valence-corrected chi connectivity index (χ1v) is 18.5. The van der Waals surface area contributed by atoms with E-state index in [0.29, 0.717) is 21.6 Å². The lowest BCUT2D eigenvalue weighted by Gasteiger charge is -2.36. The van der Waals surface area contributed by atoms with Crippen LogP contribution < -0.4 is 22.9 Å². The first-order chi connectivity index (χ1) is 26.0. The van der Waals surface area contributed by atoms with Crippen molar-refractivity contribution >= 4 is 50.9 Å². The minimum absolute atomic E-state index is 0.0540. The number of thioether (sulfide) groups is 2. The normalized spacial score (nSPS) is 20.7. The van der Waals surface area contributed by atoms with Crippen LogP contribution >= 0.6 is 23.5 Å². The molecule has 0 radical (unpaired) electrons. The Labute approximate surface area is 331 Å². The van der Waals surface area contributed by atoms with Gasteiger partial charge in [0.15, 0.2) is 16.6 Å². The summed E-state index contributed by atoms with van der Waals surface area (Å²) in [6, 6.07) is 11.2. The standard InChI is InChI=1S/C13H19FN2O4.C12H12FN3O2S.C12H14FN3S/c1-8(12(19-3)20-4)13(2,15)10-7-9(16(17)18)5-6-11(10)14;1-7-6-19-11(14)15-12(7,2)9-5-8(16(17)18)3-4-10(9)13;1-7-6-17-11(15)16-12(7,2)9-5-8(14)3-4-10(9)13/h5-8,12H,15H2,1-4H3;3-6H,1-2H3,(H2,14,15);3-6H,14H2,1-2H3,(H2,15,16)/t8?,13-;2*12-/m000/s1. The molecule has 4 atom stereocenters. The van der Waals surface area contributed by atoms with E-state index < -0.39 is 50.3 Å². The molecular weight excluding hydrogens is 774 g/mol. The Morgan fingerprint density at radius 2 is 1.16 bits per heavy atom. The van der Waals surface area contributed by atoms with Crippen LogP contribution in [-0.4, -0.2) is 40.7 Å². The number of nitrogen functional groups attached to an aromatic ring is 1. The van der Waals surface area contributed by atoms with Crippen molar-refractivity contribution in [1.82, 2.24) is 0 Å². The first-order valence-electron chi connectivity index (χ1n) is 16.7. The summed E-state index contributed by atoms with van der Waals surface area (Å²) < 4.78 is 52.1. The number of ether oxygens (including phenoxy) is 2. The number of halogens is 3. The highest BCUT2D eigenvalue weighted by Crippen LogP contribution is 2.42. The Kier molecular flexibility index (Phi) is 14.9. The molecule has 0 amide bonds. The summed E-state index contributed by atoms with van der Waals surface area (Å²) in [6.07, 6.45) is -0.649. The van der Waals surface area contributed by atoms with Crippen molar-refractivity contribution in [3.63, 3.8) is 0 Å². The number of amidine groups is 2. The van der Waals surface area contributed by atoms with E-state index in [1.165, 1.54) is 55.9 Å². The fourth-order valence-corrected chi connectivity index (χ4v) is 7.25. The molecule has 0 aromatic heterocycles. The number of benzene rings is 3. The van der Waals surface area contributed by atoms with Gasteiger partial charge in [0.1, 0.15) is 28.5 Å². The maximum atomic E-state index is 14.0. The van der Waals surface area contributed by atoms with E-state index in [2.05, 4.69) is 9.98 Å². The van der Waals surface area contributed by atoms with Crippen LogP contribution in [0, 0.1) is 43.6 Å². The summed E-state index contributed by atoms with van der Waals surface area (Å²) in [4.78, 5) is 29.1. The molecule has 2 aliphatic rings. The average molecular weight is 819 g/mol. The topological polar surface area (TPSA) is 234 Å². The average Bonchev–Trinajstić information content (AvgIpc) is 3.13. The number of non-ortho nitro benzene ring substituents is 2. The number of aliphatic imine (C=N–C) groups is 2. The zero-order valence-corrected chi connectivity index (χ0v) is 33.6. The van der Waals surface area contributed by atoms with Crippen molar-refractivity contribution in [3.05, 3.63) is 131 Å². The third-order valence-electron chi connectivity index (χ3n) is 9.68. The lowest BCUT2D eigenvalue weighted by Crippen LogP contribution is -2.47. The summed E-state index contributed by atoms with van der Waals surface area (Å²) >= 11 is 2.59. The maximum absolute atomic E-state index is 14.0. The molecule has 0 aliphatic carbocycles. The van der Waals surface area contributed by atoms with Gasteiger partial charge in [-0.1, -0.05) is 30.4 Å². The molecule has 0 spiro atoms. The zero-order valence-electron chi connectivity index (χ0n) is 32.0. The van der Waals surface area contributed by atoms with Crippen LogP contribution in [0.15, 0.2) is 86.5 Å². The van der Waals surface area contributed by atoms with Gasteiger partial charge in [0.05, 0.1) is 9.85 Å². The number of hydrogen-bond acceptors (Lipinski definition) is 14. The van der Waals surface area contributed by atoms with Crippen molar-refractivity contribution in [2.45, 2.75) is 64.4 Å². The minimum atomic E-state index is -1.19. The van der Waals surface area contributed by atoms with Gasteiger partial charge in [-0.15, -0.1) is 0 Å². The Hall–Kier alpha value is -4.95. The highest BCUT2D eigenvalue weighted by atomic mass is 32.2. The molecular formula is C37H45F3N8O6S2. The molecule has 14 nitrogen and oxygen atoms in total. The lowest BCUT2D eigenvalue weighted by molar-refractivity contribution is -0.385. The molecule has 2 heterocycles. The molecule has 0 bridgehead atoms. The molecule has 3 aromatic carbocycles. The molecule has 5 rings (SSSR count). The van der Waals surface area contributed by atoms with Crippen molar-refractivity contribution in [2.24, 2.45) is 33.1 Å². The number of hydrogen-bond donors (Lipinski definition) is 4. The molecule has 3 aromatic rings. The smallest absolute Gasteiger partial charge is 0.270 e. The molecule has 1 unspecified atom stereocenters. The van der Waals surface area contributed by atoms with Gasteiger partial charge in [-0.05, 0) is 86.9 Å². The van der Waals surface area contributed by atoms with Crippen molar-refractivity contribution < 1.29 is 32.5 Å². The highest BCUT2D eigenvalue weighted by Gasteiger charge is 2.38. The highest BCUT2D eigenvalue weighted by molar-refractivity contribution is 8.16. The van der Waals surface area contributed by atoms with E-state index in [-0.39, 0.29) is 28.3 Å². The van der Waals surface area contributed by atoms with Crippen molar-refractivity contribution in [2.75, 3.05) is 20.0 Å². The lowest BCUT2D eigenvalue weighted by atomic mass is 9.80. The second-order valence-electron chi connectivity index (χ2n) is 13.4. The first kappa shape index (κ1) is 45.4. The third-order valence-corrected chi connectivity index (χ3v) is 11.3. The van der Waals surface area contributed by atoms with Gasteiger partial charge >= 0.3 is 0 Å². The third kappa shape index (κ3) is 10.1. The zero-order chi connectivity index (χ0) is 42.3. The van der Waals surface area contributed by atoms with Crippen LogP contribution in [0.25, 0.3) is 0 Å².